The van der Waals surface area contributed by atoms with Crippen LogP contribution in [0.15, 0.2) is 12.7 Å². The molecule has 1 atom stereocenters. The van der Waals surface area contributed by atoms with E-state index in [-0.39, 0.29) is 12.1 Å². The highest BCUT2D eigenvalue weighted by Gasteiger charge is 2.27. The van der Waals surface area contributed by atoms with Crippen LogP contribution in [0.3, 0.4) is 0 Å². The Labute approximate surface area is 93.2 Å². The summed E-state index contributed by atoms with van der Waals surface area (Å²) in [6, 6.07) is 0. The molecule has 0 radical (unpaired) electrons. The number of piperidine rings is 1. The van der Waals surface area contributed by atoms with Crippen molar-refractivity contribution in [1.82, 2.24) is 10.2 Å². The molecule has 1 fully saturated rings. The second-order valence-electron chi connectivity index (χ2n) is 4.69. The summed E-state index contributed by atoms with van der Waals surface area (Å²) in [7, 11) is 0. The fourth-order valence-corrected chi connectivity index (χ4v) is 2.31. The molecule has 1 aliphatic rings. The molecule has 1 aliphatic heterocycles. The Morgan fingerprint density at radius 1 is 1.53 bits per heavy atom. The lowest BCUT2D eigenvalue weighted by Crippen LogP contribution is -2.54. The van der Waals surface area contributed by atoms with E-state index in [1.165, 1.54) is 19.3 Å². The minimum Gasteiger partial charge on any atom is -0.395 e. The number of nitrogens with zero attached hydrogens (tertiary/aromatic N) is 1. The van der Waals surface area contributed by atoms with Gasteiger partial charge in [-0.1, -0.05) is 12.5 Å². The summed E-state index contributed by atoms with van der Waals surface area (Å²) in [5, 5.41) is 12.6. The zero-order valence-corrected chi connectivity index (χ0v) is 9.84. The van der Waals surface area contributed by atoms with Crippen molar-refractivity contribution in [3.63, 3.8) is 0 Å². The van der Waals surface area contributed by atoms with Crippen LogP contribution < -0.4 is 5.32 Å². The number of aliphatic hydroxyl groups excluding tert-OH is 1. The normalized spacial score (nSPS) is 26.9. The molecule has 0 saturated carbocycles. The second-order valence-corrected chi connectivity index (χ2v) is 4.69. The van der Waals surface area contributed by atoms with Crippen LogP contribution in [-0.2, 0) is 0 Å². The van der Waals surface area contributed by atoms with E-state index in [1.54, 1.807) is 0 Å². The summed E-state index contributed by atoms with van der Waals surface area (Å²) in [6.45, 7) is 9.98. The summed E-state index contributed by atoms with van der Waals surface area (Å²) in [5.74, 6) is 0. The Morgan fingerprint density at radius 2 is 2.33 bits per heavy atom. The maximum absolute atomic E-state index is 8.98. The van der Waals surface area contributed by atoms with Crippen LogP contribution in [0, 0.1) is 0 Å². The minimum atomic E-state index is 0.219. The standard InChI is InChI=1S/C12H24N2O/c1-3-8-14(9-10-15)11-12(2)6-4-5-7-13-12/h3,13,15H,1,4-11H2,2H3. The van der Waals surface area contributed by atoms with Gasteiger partial charge in [0.1, 0.15) is 0 Å². The largest absolute Gasteiger partial charge is 0.395 e. The van der Waals surface area contributed by atoms with Gasteiger partial charge in [-0.2, -0.15) is 0 Å². The van der Waals surface area contributed by atoms with Gasteiger partial charge in [0.2, 0.25) is 0 Å². The van der Waals surface area contributed by atoms with Crippen molar-refractivity contribution < 1.29 is 5.11 Å². The molecule has 1 saturated heterocycles. The zero-order valence-electron chi connectivity index (χ0n) is 9.84. The monoisotopic (exact) mass is 212 g/mol. The van der Waals surface area contributed by atoms with Gasteiger partial charge in [-0.3, -0.25) is 4.90 Å². The molecule has 0 aliphatic carbocycles. The predicted molar refractivity (Wildman–Crippen MR) is 64.0 cm³/mol. The predicted octanol–water partition coefficient (Wildman–Crippen LogP) is 0.999. The Kier molecular flexibility index (Phi) is 5.29. The van der Waals surface area contributed by atoms with Crippen LogP contribution in [0.5, 0.6) is 0 Å². The van der Waals surface area contributed by atoms with E-state index in [9.17, 15) is 0 Å². The van der Waals surface area contributed by atoms with Crippen LogP contribution in [0.4, 0.5) is 0 Å². The van der Waals surface area contributed by atoms with Gasteiger partial charge in [0, 0.05) is 25.2 Å². The number of hydrogen-bond donors (Lipinski definition) is 2. The molecule has 0 aromatic rings. The summed E-state index contributed by atoms with van der Waals surface area (Å²) < 4.78 is 0. The lowest BCUT2D eigenvalue weighted by Gasteiger charge is -2.39. The van der Waals surface area contributed by atoms with Crippen molar-refractivity contribution in [2.45, 2.75) is 31.7 Å². The highest BCUT2D eigenvalue weighted by molar-refractivity contribution is 4.90. The SMILES string of the molecule is C=CCN(CCO)CC1(C)CCCCN1. The van der Waals surface area contributed by atoms with Gasteiger partial charge in [-0.05, 0) is 26.3 Å². The van der Waals surface area contributed by atoms with Crippen molar-refractivity contribution in [3.05, 3.63) is 12.7 Å². The summed E-state index contributed by atoms with van der Waals surface area (Å²) >= 11 is 0. The molecule has 0 bridgehead atoms. The topological polar surface area (TPSA) is 35.5 Å². The lowest BCUT2D eigenvalue weighted by molar-refractivity contribution is 0.147. The van der Waals surface area contributed by atoms with E-state index in [2.05, 4.69) is 23.7 Å². The molecule has 0 amide bonds. The first-order chi connectivity index (χ1) is 7.20. The molecule has 0 aromatic heterocycles. The van der Waals surface area contributed by atoms with Crippen LogP contribution in [-0.4, -0.2) is 48.3 Å². The number of rotatable bonds is 6. The quantitative estimate of drug-likeness (QED) is 0.645. The van der Waals surface area contributed by atoms with Gasteiger partial charge in [0.25, 0.3) is 0 Å². The Balaban J connectivity index is 2.43. The molecule has 1 rings (SSSR count). The van der Waals surface area contributed by atoms with Gasteiger partial charge in [-0.25, -0.2) is 0 Å². The zero-order chi connectivity index (χ0) is 11.1. The molecule has 0 aromatic carbocycles. The van der Waals surface area contributed by atoms with E-state index in [0.29, 0.717) is 0 Å². The maximum atomic E-state index is 8.98. The van der Waals surface area contributed by atoms with Crippen molar-refractivity contribution in [2.75, 3.05) is 32.8 Å². The van der Waals surface area contributed by atoms with Crippen molar-refractivity contribution in [1.29, 1.82) is 0 Å². The molecule has 1 heterocycles. The van der Waals surface area contributed by atoms with Gasteiger partial charge in [-0.15, -0.1) is 6.58 Å². The van der Waals surface area contributed by atoms with Gasteiger partial charge in [0.05, 0.1) is 6.61 Å². The van der Waals surface area contributed by atoms with Gasteiger partial charge in [0.15, 0.2) is 0 Å². The van der Waals surface area contributed by atoms with E-state index in [0.717, 1.165) is 26.2 Å². The van der Waals surface area contributed by atoms with E-state index in [4.69, 9.17) is 5.11 Å². The summed E-state index contributed by atoms with van der Waals surface area (Å²) in [4.78, 5) is 2.26. The highest BCUT2D eigenvalue weighted by Crippen LogP contribution is 2.19. The fourth-order valence-electron chi connectivity index (χ4n) is 2.31. The van der Waals surface area contributed by atoms with Crippen LogP contribution in [0.25, 0.3) is 0 Å². The van der Waals surface area contributed by atoms with E-state index >= 15 is 0 Å². The van der Waals surface area contributed by atoms with Crippen molar-refractivity contribution in [2.24, 2.45) is 0 Å². The van der Waals surface area contributed by atoms with Gasteiger partial charge >= 0.3 is 0 Å². The van der Waals surface area contributed by atoms with Crippen LogP contribution >= 0.6 is 0 Å². The van der Waals surface area contributed by atoms with E-state index in [1.807, 2.05) is 6.08 Å². The molecule has 2 N–H and O–H groups in total. The third-order valence-electron chi connectivity index (χ3n) is 3.08. The average Bonchev–Trinajstić information content (AvgIpc) is 2.19. The number of aliphatic hydroxyl groups is 1. The van der Waals surface area contributed by atoms with Crippen molar-refractivity contribution in [3.8, 4) is 0 Å². The first-order valence-electron chi connectivity index (χ1n) is 5.89. The molecular weight excluding hydrogens is 188 g/mol. The van der Waals surface area contributed by atoms with Gasteiger partial charge < -0.3 is 10.4 Å². The maximum Gasteiger partial charge on any atom is 0.0558 e. The van der Waals surface area contributed by atoms with Crippen molar-refractivity contribution >= 4 is 0 Å². The minimum absolute atomic E-state index is 0.219. The molecule has 15 heavy (non-hydrogen) atoms. The molecule has 0 spiro atoms. The third kappa shape index (κ3) is 4.33. The molecule has 88 valence electrons. The Morgan fingerprint density at radius 3 is 2.87 bits per heavy atom. The molecule has 3 heteroatoms. The lowest BCUT2D eigenvalue weighted by atomic mass is 9.90. The number of hydrogen-bond acceptors (Lipinski definition) is 3. The second kappa shape index (κ2) is 6.26. The molecule has 3 nitrogen and oxygen atoms in total. The van der Waals surface area contributed by atoms with Crippen LogP contribution in [0.1, 0.15) is 26.2 Å². The first kappa shape index (κ1) is 12.7. The van der Waals surface area contributed by atoms with E-state index < -0.39 is 0 Å². The molecule has 1 unspecified atom stereocenters. The molecular formula is C12H24N2O. The first-order valence-corrected chi connectivity index (χ1v) is 5.89. The Bertz CT molecular complexity index is 188. The summed E-state index contributed by atoms with van der Waals surface area (Å²) in [5.41, 5.74) is 0.219. The fraction of sp³-hybridized carbons (Fsp3) is 0.833. The number of nitrogens with one attached hydrogen (secondary N) is 1. The van der Waals surface area contributed by atoms with Crippen LogP contribution in [0.2, 0.25) is 0 Å². The highest BCUT2D eigenvalue weighted by atomic mass is 16.3. The summed E-state index contributed by atoms with van der Waals surface area (Å²) in [6.07, 6.45) is 5.73. The smallest absolute Gasteiger partial charge is 0.0558 e. The Hall–Kier alpha value is -0.380. The average molecular weight is 212 g/mol. The third-order valence-corrected chi connectivity index (χ3v) is 3.08.